The summed E-state index contributed by atoms with van der Waals surface area (Å²) in [5.41, 5.74) is 1.87. The Morgan fingerprint density at radius 3 is 2.55 bits per heavy atom. The number of rotatable bonds is 3. The second kappa shape index (κ2) is 5.57. The fourth-order valence-electron chi connectivity index (χ4n) is 2.68. The Labute approximate surface area is 118 Å². The number of benzene rings is 1. The topological polar surface area (TPSA) is 37.8 Å². The van der Waals surface area contributed by atoms with Crippen molar-refractivity contribution in [2.24, 2.45) is 0 Å². The van der Waals surface area contributed by atoms with Crippen molar-refractivity contribution in [3.05, 3.63) is 42.1 Å². The lowest BCUT2D eigenvalue weighted by molar-refractivity contribution is 0.628. The SMILES string of the molecule is Cc1ncc(-c2ccc(F)cc2)c(NC2CCCC2)n1. The number of hydrogen-bond acceptors (Lipinski definition) is 3. The lowest BCUT2D eigenvalue weighted by Crippen LogP contribution is -2.16. The summed E-state index contributed by atoms with van der Waals surface area (Å²) >= 11 is 0. The predicted molar refractivity (Wildman–Crippen MR) is 78.0 cm³/mol. The molecule has 1 aliphatic carbocycles. The van der Waals surface area contributed by atoms with Gasteiger partial charge in [-0.15, -0.1) is 0 Å². The van der Waals surface area contributed by atoms with Crippen LogP contribution in [0.1, 0.15) is 31.5 Å². The van der Waals surface area contributed by atoms with E-state index in [1.165, 1.54) is 37.8 Å². The Hall–Kier alpha value is -1.97. The van der Waals surface area contributed by atoms with Crippen molar-refractivity contribution in [1.29, 1.82) is 0 Å². The molecule has 1 fully saturated rings. The van der Waals surface area contributed by atoms with Gasteiger partial charge >= 0.3 is 0 Å². The van der Waals surface area contributed by atoms with E-state index in [0.29, 0.717) is 6.04 Å². The van der Waals surface area contributed by atoms with E-state index >= 15 is 0 Å². The van der Waals surface area contributed by atoms with Gasteiger partial charge < -0.3 is 5.32 Å². The minimum absolute atomic E-state index is 0.230. The minimum Gasteiger partial charge on any atom is -0.367 e. The summed E-state index contributed by atoms with van der Waals surface area (Å²) in [4.78, 5) is 8.79. The third-order valence-electron chi connectivity index (χ3n) is 3.76. The first kappa shape index (κ1) is 13.0. The molecule has 1 saturated carbocycles. The average molecular weight is 271 g/mol. The molecule has 1 aliphatic rings. The summed E-state index contributed by atoms with van der Waals surface area (Å²) in [7, 11) is 0. The van der Waals surface area contributed by atoms with Crippen LogP contribution in [0.4, 0.5) is 10.2 Å². The summed E-state index contributed by atoms with van der Waals surface area (Å²) in [6.07, 6.45) is 6.73. The summed E-state index contributed by atoms with van der Waals surface area (Å²) in [6, 6.07) is 6.96. The van der Waals surface area contributed by atoms with Crippen molar-refractivity contribution in [1.82, 2.24) is 9.97 Å². The fourth-order valence-corrected chi connectivity index (χ4v) is 2.68. The Bertz CT molecular complexity index is 589. The molecule has 0 aliphatic heterocycles. The van der Waals surface area contributed by atoms with Crippen LogP contribution in [-0.4, -0.2) is 16.0 Å². The van der Waals surface area contributed by atoms with Gasteiger partial charge in [-0.3, -0.25) is 0 Å². The van der Waals surface area contributed by atoms with Gasteiger partial charge in [-0.2, -0.15) is 0 Å². The van der Waals surface area contributed by atoms with Crippen LogP contribution in [-0.2, 0) is 0 Å². The van der Waals surface area contributed by atoms with E-state index in [1.807, 2.05) is 13.1 Å². The van der Waals surface area contributed by atoms with Crippen LogP contribution in [0.15, 0.2) is 30.5 Å². The first-order chi connectivity index (χ1) is 9.72. The zero-order valence-electron chi connectivity index (χ0n) is 11.6. The molecule has 0 saturated heterocycles. The molecule has 1 aromatic carbocycles. The molecule has 0 atom stereocenters. The number of aromatic nitrogens is 2. The van der Waals surface area contributed by atoms with Gasteiger partial charge in [0.1, 0.15) is 17.5 Å². The smallest absolute Gasteiger partial charge is 0.137 e. The van der Waals surface area contributed by atoms with E-state index in [9.17, 15) is 4.39 Å². The van der Waals surface area contributed by atoms with E-state index in [4.69, 9.17) is 0 Å². The zero-order chi connectivity index (χ0) is 13.9. The van der Waals surface area contributed by atoms with Crippen molar-refractivity contribution in [3.63, 3.8) is 0 Å². The molecule has 1 heterocycles. The highest BCUT2D eigenvalue weighted by atomic mass is 19.1. The van der Waals surface area contributed by atoms with Crippen LogP contribution in [0.3, 0.4) is 0 Å². The summed E-state index contributed by atoms with van der Waals surface area (Å²) in [5, 5.41) is 3.52. The highest BCUT2D eigenvalue weighted by molar-refractivity contribution is 5.74. The quantitative estimate of drug-likeness (QED) is 0.918. The van der Waals surface area contributed by atoms with Gasteiger partial charge in [0.05, 0.1) is 0 Å². The highest BCUT2D eigenvalue weighted by Gasteiger charge is 2.17. The molecule has 0 radical (unpaired) electrons. The van der Waals surface area contributed by atoms with Crippen molar-refractivity contribution in [2.45, 2.75) is 38.6 Å². The molecule has 0 amide bonds. The molecule has 20 heavy (non-hydrogen) atoms. The van der Waals surface area contributed by atoms with Gasteiger partial charge in [-0.1, -0.05) is 25.0 Å². The monoisotopic (exact) mass is 271 g/mol. The standard InChI is InChI=1S/C16H18FN3/c1-11-18-10-15(12-6-8-13(17)9-7-12)16(19-11)20-14-4-2-3-5-14/h6-10,14H,2-5H2,1H3,(H,18,19,20). The normalized spacial score (nSPS) is 15.5. The minimum atomic E-state index is -0.230. The predicted octanol–water partition coefficient (Wildman–Crippen LogP) is 3.95. The Balaban J connectivity index is 1.94. The van der Waals surface area contributed by atoms with Crippen LogP contribution in [0, 0.1) is 12.7 Å². The average Bonchev–Trinajstić information content (AvgIpc) is 2.93. The molecular formula is C16H18FN3. The van der Waals surface area contributed by atoms with Gasteiger partial charge in [-0.05, 0) is 37.5 Å². The summed E-state index contributed by atoms with van der Waals surface area (Å²) in [6.45, 7) is 1.88. The Morgan fingerprint density at radius 2 is 1.85 bits per heavy atom. The van der Waals surface area contributed by atoms with Gasteiger partial charge in [0, 0.05) is 17.8 Å². The number of aryl methyl sites for hydroxylation is 1. The van der Waals surface area contributed by atoms with Crippen LogP contribution in [0.5, 0.6) is 0 Å². The van der Waals surface area contributed by atoms with Crippen LogP contribution < -0.4 is 5.32 Å². The molecule has 3 rings (SSSR count). The number of nitrogens with one attached hydrogen (secondary N) is 1. The second-order valence-corrected chi connectivity index (χ2v) is 5.31. The molecular weight excluding hydrogens is 253 g/mol. The fraction of sp³-hybridized carbons (Fsp3) is 0.375. The number of halogens is 1. The molecule has 3 nitrogen and oxygen atoms in total. The molecule has 0 bridgehead atoms. The summed E-state index contributed by atoms with van der Waals surface area (Å²) < 4.78 is 13.0. The van der Waals surface area contributed by atoms with Crippen LogP contribution in [0.2, 0.25) is 0 Å². The summed E-state index contributed by atoms with van der Waals surface area (Å²) in [5.74, 6) is 1.37. The lowest BCUT2D eigenvalue weighted by atomic mass is 10.1. The van der Waals surface area contributed by atoms with Gasteiger partial charge in [-0.25, -0.2) is 14.4 Å². The molecule has 0 spiro atoms. The van der Waals surface area contributed by atoms with Crippen LogP contribution >= 0.6 is 0 Å². The highest BCUT2D eigenvalue weighted by Crippen LogP contribution is 2.29. The van der Waals surface area contributed by atoms with Gasteiger partial charge in [0.25, 0.3) is 0 Å². The number of hydrogen-bond donors (Lipinski definition) is 1. The third-order valence-corrected chi connectivity index (χ3v) is 3.76. The van der Waals surface area contributed by atoms with Gasteiger partial charge in [0.2, 0.25) is 0 Å². The molecule has 1 N–H and O–H groups in total. The largest absolute Gasteiger partial charge is 0.367 e. The van der Waals surface area contributed by atoms with Crippen molar-refractivity contribution in [2.75, 3.05) is 5.32 Å². The molecule has 104 valence electrons. The number of anilines is 1. The van der Waals surface area contributed by atoms with Crippen LogP contribution in [0.25, 0.3) is 11.1 Å². The van der Waals surface area contributed by atoms with Gasteiger partial charge in [0.15, 0.2) is 0 Å². The van der Waals surface area contributed by atoms with E-state index in [2.05, 4.69) is 15.3 Å². The maximum absolute atomic E-state index is 13.0. The lowest BCUT2D eigenvalue weighted by Gasteiger charge is -2.16. The second-order valence-electron chi connectivity index (χ2n) is 5.31. The van der Waals surface area contributed by atoms with Crippen molar-refractivity contribution >= 4 is 5.82 Å². The third kappa shape index (κ3) is 2.79. The maximum Gasteiger partial charge on any atom is 0.137 e. The van der Waals surface area contributed by atoms with E-state index in [1.54, 1.807) is 12.1 Å². The first-order valence-electron chi connectivity index (χ1n) is 7.08. The molecule has 1 aromatic heterocycles. The first-order valence-corrected chi connectivity index (χ1v) is 7.08. The van der Waals surface area contributed by atoms with Crippen molar-refractivity contribution in [3.8, 4) is 11.1 Å². The molecule has 2 aromatic rings. The van der Waals surface area contributed by atoms with Crippen molar-refractivity contribution < 1.29 is 4.39 Å². The zero-order valence-corrected chi connectivity index (χ0v) is 11.6. The van der Waals surface area contributed by atoms with E-state index < -0.39 is 0 Å². The molecule has 0 unspecified atom stereocenters. The Kier molecular flexibility index (Phi) is 3.63. The molecule has 4 heteroatoms. The maximum atomic E-state index is 13.0. The Morgan fingerprint density at radius 1 is 1.15 bits per heavy atom. The van der Waals surface area contributed by atoms with E-state index in [0.717, 1.165) is 22.8 Å². The number of nitrogens with zero attached hydrogens (tertiary/aromatic N) is 2. The van der Waals surface area contributed by atoms with E-state index in [-0.39, 0.29) is 5.82 Å².